The van der Waals surface area contributed by atoms with E-state index in [1.807, 2.05) is 13.8 Å². The van der Waals surface area contributed by atoms with Gasteiger partial charge in [-0.3, -0.25) is 19.5 Å². The Hall–Kier alpha value is -2.81. The van der Waals surface area contributed by atoms with E-state index in [1.165, 1.54) is 0 Å². The number of rotatable bonds is 5. The van der Waals surface area contributed by atoms with Gasteiger partial charge in [-0.25, -0.2) is 4.68 Å². The average Bonchev–Trinajstić information content (AvgIpc) is 2.57. The first-order valence-electron chi connectivity index (χ1n) is 7.47. The summed E-state index contributed by atoms with van der Waals surface area (Å²) in [5.41, 5.74) is -1.57. The van der Waals surface area contributed by atoms with Crippen LogP contribution in [0.15, 0.2) is 33.9 Å². The zero-order valence-corrected chi connectivity index (χ0v) is 13.2. The van der Waals surface area contributed by atoms with Crippen molar-refractivity contribution in [3.05, 3.63) is 45.0 Å². The summed E-state index contributed by atoms with van der Waals surface area (Å²) in [5.74, 6) is 2.18. The maximum Gasteiger partial charge on any atom is 0.273 e. The molecule has 1 amide bonds. The largest absolute Gasteiger partial charge is 0.338 e. The van der Waals surface area contributed by atoms with Crippen LogP contribution in [-0.2, 0) is 11.3 Å². The Bertz CT molecular complexity index is 882. The molecule has 23 heavy (non-hydrogen) atoms. The highest BCUT2D eigenvalue weighted by Gasteiger charge is 2.25. The van der Waals surface area contributed by atoms with Crippen LogP contribution in [0.25, 0.3) is 10.8 Å². The van der Waals surface area contributed by atoms with Crippen LogP contribution in [-0.4, -0.2) is 21.2 Å². The van der Waals surface area contributed by atoms with Crippen LogP contribution in [0.2, 0.25) is 0 Å². The number of amides is 1. The minimum atomic E-state index is -0.738. The van der Waals surface area contributed by atoms with Gasteiger partial charge >= 0.3 is 0 Å². The van der Waals surface area contributed by atoms with E-state index in [0.717, 1.165) is 4.68 Å². The second kappa shape index (κ2) is 6.53. The first-order chi connectivity index (χ1) is 11.0. The summed E-state index contributed by atoms with van der Waals surface area (Å²) >= 11 is 0. The minimum Gasteiger partial charge on any atom is -0.338 e. The van der Waals surface area contributed by atoms with E-state index in [4.69, 9.17) is 6.42 Å². The molecule has 0 spiro atoms. The van der Waals surface area contributed by atoms with Gasteiger partial charge in [0.1, 0.15) is 12.1 Å². The summed E-state index contributed by atoms with van der Waals surface area (Å²) in [6, 6.07) is 6.48. The molecule has 2 N–H and O–H groups in total. The lowest BCUT2D eigenvalue weighted by Crippen LogP contribution is -2.48. The fraction of sp³-hybridized carbons (Fsp3) is 0.353. The number of hydrogen-bond acceptors (Lipinski definition) is 3. The van der Waals surface area contributed by atoms with Crippen molar-refractivity contribution in [2.24, 2.45) is 0 Å². The molecule has 1 aromatic carbocycles. The summed E-state index contributed by atoms with van der Waals surface area (Å²) < 4.78 is 1.01. The Kier molecular flexibility index (Phi) is 4.70. The SMILES string of the molecule is C#CC(CC)(CC)NC(=O)Cn1[nH]c(=O)c2ccccc2c1=O. The number of benzene rings is 1. The van der Waals surface area contributed by atoms with Gasteiger partial charge in [-0.1, -0.05) is 31.9 Å². The van der Waals surface area contributed by atoms with Crippen molar-refractivity contribution in [1.29, 1.82) is 0 Å². The molecule has 0 fully saturated rings. The van der Waals surface area contributed by atoms with E-state index in [2.05, 4.69) is 16.3 Å². The van der Waals surface area contributed by atoms with Crippen LogP contribution >= 0.6 is 0 Å². The van der Waals surface area contributed by atoms with Gasteiger partial charge in [0.25, 0.3) is 11.1 Å². The van der Waals surface area contributed by atoms with Crippen molar-refractivity contribution in [2.75, 3.05) is 0 Å². The molecule has 2 aromatic rings. The number of carbonyl (C=O) groups is 1. The molecule has 0 aliphatic rings. The van der Waals surface area contributed by atoms with Crippen LogP contribution in [0.1, 0.15) is 26.7 Å². The number of terminal acetylenes is 1. The third kappa shape index (κ3) is 3.19. The van der Waals surface area contributed by atoms with Gasteiger partial charge < -0.3 is 5.32 Å². The quantitative estimate of drug-likeness (QED) is 0.808. The van der Waals surface area contributed by atoms with E-state index in [-0.39, 0.29) is 11.9 Å². The normalized spacial score (nSPS) is 11.2. The Labute approximate surface area is 133 Å². The third-order valence-corrected chi connectivity index (χ3v) is 4.05. The first kappa shape index (κ1) is 16.6. The Morgan fingerprint density at radius 1 is 1.26 bits per heavy atom. The van der Waals surface area contributed by atoms with Crippen molar-refractivity contribution in [3.63, 3.8) is 0 Å². The first-order valence-corrected chi connectivity index (χ1v) is 7.47. The lowest BCUT2D eigenvalue weighted by Gasteiger charge is -2.27. The van der Waals surface area contributed by atoms with Crippen molar-refractivity contribution < 1.29 is 4.79 Å². The summed E-state index contributed by atoms with van der Waals surface area (Å²) in [6.45, 7) is 3.48. The number of aromatic amines is 1. The molecular weight excluding hydrogens is 294 g/mol. The number of nitrogens with zero attached hydrogens (tertiary/aromatic N) is 1. The highest BCUT2D eigenvalue weighted by molar-refractivity contribution is 5.81. The van der Waals surface area contributed by atoms with E-state index in [9.17, 15) is 14.4 Å². The van der Waals surface area contributed by atoms with Crippen LogP contribution in [0.4, 0.5) is 0 Å². The van der Waals surface area contributed by atoms with Crippen LogP contribution < -0.4 is 16.4 Å². The number of H-pyrrole nitrogens is 1. The second-order valence-corrected chi connectivity index (χ2v) is 5.36. The number of hydrogen-bond donors (Lipinski definition) is 2. The molecule has 0 atom stereocenters. The van der Waals surface area contributed by atoms with Gasteiger partial charge in [0.05, 0.1) is 10.8 Å². The van der Waals surface area contributed by atoms with Crippen molar-refractivity contribution >= 4 is 16.7 Å². The van der Waals surface area contributed by atoms with Gasteiger partial charge in [0.2, 0.25) is 5.91 Å². The molecule has 6 nitrogen and oxygen atoms in total. The van der Waals surface area contributed by atoms with Crippen molar-refractivity contribution in [1.82, 2.24) is 15.1 Å². The molecule has 2 rings (SSSR count). The van der Waals surface area contributed by atoms with Crippen molar-refractivity contribution in [2.45, 2.75) is 38.8 Å². The monoisotopic (exact) mass is 313 g/mol. The topological polar surface area (TPSA) is 84.0 Å². The molecular formula is C17H19N3O3. The van der Waals surface area contributed by atoms with E-state index in [0.29, 0.717) is 18.2 Å². The molecule has 0 radical (unpaired) electrons. The maximum atomic E-state index is 12.4. The molecule has 0 saturated carbocycles. The number of fused-ring (bicyclic) bond motifs is 1. The molecule has 1 heterocycles. The van der Waals surface area contributed by atoms with E-state index >= 15 is 0 Å². The van der Waals surface area contributed by atoms with Gasteiger partial charge in [-0.15, -0.1) is 6.42 Å². The molecule has 0 bridgehead atoms. The molecule has 0 aliphatic heterocycles. The lowest BCUT2D eigenvalue weighted by atomic mass is 9.94. The Morgan fingerprint density at radius 3 is 2.43 bits per heavy atom. The number of aromatic nitrogens is 2. The lowest BCUT2D eigenvalue weighted by molar-refractivity contribution is -0.123. The molecule has 6 heteroatoms. The molecule has 0 saturated heterocycles. The number of carbonyl (C=O) groups excluding carboxylic acids is 1. The Morgan fingerprint density at radius 2 is 1.87 bits per heavy atom. The molecule has 0 unspecified atom stereocenters. The van der Waals surface area contributed by atoms with Crippen LogP contribution in [0.5, 0.6) is 0 Å². The fourth-order valence-corrected chi connectivity index (χ4v) is 2.47. The minimum absolute atomic E-state index is 0.276. The van der Waals surface area contributed by atoms with E-state index < -0.39 is 22.6 Å². The van der Waals surface area contributed by atoms with Gasteiger partial charge in [0, 0.05) is 0 Å². The average molecular weight is 313 g/mol. The van der Waals surface area contributed by atoms with Gasteiger partial charge in [-0.2, -0.15) is 0 Å². The van der Waals surface area contributed by atoms with Gasteiger partial charge in [-0.05, 0) is 25.0 Å². The van der Waals surface area contributed by atoms with Crippen molar-refractivity contribution in [3.8, 4) is 12.3 Å². The standard InChI is InChI=1S/C17H19N3O3/c1-4-17(5-2,6-3)18-14(21)11-20-16(23)13-10-8-7-9-12(13)15(22)19-20/h1,7-10H,5-6,11H2,2-3H3,(H,18,21)(H,19,22). The van der Waals surface area contributed by atoms with E-state index in [1.54, 1.807) is 24.3 Å². The Balaban J connectivity index is 2.35. The maximum absolute atomic E-state index is 12.4. The predicted octanol–water partition coefficient (Wildman–Crippen LogP) is 0.998. The second-order valence-electron chi connectivity index (χ2n) is 5.36. The molecule has 1 aromatic heterocycles. The fourth-order valence-electron chi connectivity index (χ4n) is 2.47. The summed E-state index contributed by atoms with van der Waals surface area (Å²) in [6.07, 6.45) is 6.66. The molecule has 120 valence electrons. The van der Waals surface area contributed by atoms with Gasteiger partial charge in [0.15, 0.2) is 0 Å². The highest BCUT2D eigenvalue weighted by Crippen LogP contribution is 2.13. The third-order valence-electron chi connectivity index (χ3n) is 4.05. The van der Waals surface area contributed by atoms with Crippen LogP contribution in [0.3, 0.4) is 0 Å². The summed E-state index contributed by atoms with van der Waals surface area (Å²) in [5, 5.41) is 5.77. The number of nitrogens with one attached hydrogen (secondary N) is 2. The predicted molar refractivity (Wildman–Crippen MR) is 89.1 cm³/mol. The zero-order valence-electron chi connectivity index (χ0n) is 13.2. The highest BCUT2D eigenvalue weighted by atomic mass is 16.2. The summed E-state index contributed by atoms with van der Waals surface area (Å²) in [4.78, 5) is 36.6. The zero-order chi connectivity index (χ0) is 17.0. The summed E-state index contributed by atoms with van der Waals surface area (Å²) in [7, 11) is 0. The molecule has 0 aliphatic carbocycles. The smallest absolute Gasteiger partial charge is 0.273 e. The van der Waals surface area contributed by atoms with Crippen LogP contribution in [0, 0.1) is 12.3 Å².